The third kappa shape index (κ3) is 4.11. The second kappa shape index (κ2) is 8.12. The number of sulfone groups is 1. The minimum absolute atomic E-state index is 0.0110. The van der Waals surface area contributed by atoms with E-state index in [9.17, 15) is 18.0 Å². The Kier molecular flexibility index (Phi) is 5.76. The Morgan fingerprint density at radius 2 is 2.11 bits per heavy atom. The van der Waals surface area contributed by atoms with Crippen LogP contribution in [0.25, 0.3) is 0 Å². The molecule has 4 heterocycles. The molecule has 3 atom stereocenters. The minimum atomic E-state index is -3.11. The molecular formula is C19H26N2O5S2. The summed E-state index contributed by atoms with van der Waals surface area (Å²) in [6.45, 7) is 1.66. The first-order valence-corrected chi connectivity index (χ1v) is 12.6. The highest BCUT2D eigenvalue weighted by atomic mass is 32.2. The lowest BCUT2D eigenvalue weighted by Gasteiger charge is -2.35. The van der Waals surface area contributed by atoms with Crippen LogP contribution in [0.3, 0.4) is 0 Å². The molecule has 3 saturated heterocycles. The minimum Gasteiger partial charge on any atom is -0.376 e. The first kappa shape index (κ1) is 19.8. The molecule has 0 spiro atoms. The van der Waals surface area contributed by atoms with Crippen molar-refractivity contribution in [3.05, 3.63) is 22.4 Å². The molecule has 3 aliphatic heterocycles. The number of likely N-dealkylation sites (tertiary alicyclic amines) is 1. The summed E-state index contributed by atoms with van der Waals surface area (Å²) < 4.78 is 29.8. The summed E-state index contributed by atoms with van der Waals surface area (Å²) in [6, 6.07) is 2.78. The maximum atomic E-state index is 13.5. The molecule has 0 unspecified atom stereocenters. The molecule has 4 rings (SSSR count). The van der Waals surface area contributed by atoms with Crippen molar-refractivity contribution in [1.29, 1.82) is 0 Å². The van der Waals surface area contributed by atoms with Gasteiger partial charge in [0, 0.05) is 25.7 Å². The van der Waals surface area contributed by atoms with E-state index >= 15 is 0 Å². The lowest BCUT2D eigenvalue weighted by molar-refractivity contribution is -0.139. The van der Waals surface area contributed by atoms with Crippen molar-refractivity contribution in [2.75, 3.05) is 31.2 Å². The number of nitrogens with zero attached hydrogens (tertiary/aromatic N) is 2. The molecule has 2 amide bonds. The van der Waals surface area contributed by atoms with Gasteiger partial charge in [-0.1, -0.05) is 6.07 Å². The average molecular weight is 427 g/mol. The van der Waals surface area contributed by atoms with E-state index in [0.717, 1.165) is 19.3 Å². The number of thiophene rings is 1. The monoisotopic (exact) mass is 426 g/mol. The van der Waals surface area contributed by atoms with Crippen LogP contribution in [0.5, 0.6) is 0 Å². The Hall–Kier alpha value is -1.45. The van der Waals surface area contributed by atoms with E-state index in [1.807, 2.05) is 11.4 Å². The fourth-order valence-corrected chi connectivity index (χ4v) is 6.86. The molecule has 0 aliphatic carbocycles. The number of hydrogen-bond acceptors (Lipinski definition) is 6. The smallest absolute Gasteiger partial charge is 0.264 e. The van der Waals surface area contributed by atoms with Crippen molar-refractivity contribution in [1.82, 2.24) is 9.80 Å². The molecular weight excluding hydrogens is 400 g/mol. The Bertz CT molecular complexity index is 817. The SMILES string of the molecule is O=C([C@@H]1CCCN1C(=O)c1cccs1)N(C[C@@H]1CCCO1)[C@H]1CCS(=O)(=O)C1. The maximum Gasteiger partial charge on any atom is 0.264 e. The van der Waals surface area contributed by atoms with Gasteiger partial charge in [-0.25, -0.2) is 8.42 Å². The lowest BCUT2D eigenvalue weighted by atomic mass is 10.1. The standard InChI is InChI=1S/C19H26N2O5S2/c22-18(16-5-1-8-20(16)19(23)17-6-3-10-27-17)21(12-15-4-2-9-26-15)14-7-11-28(24,25)13-14/h3,6,10,14-16H,1-2,4-5,7-9,11-13H2/t14-,15-,16-/m0/s1. The normalized spacial score (nSPS) is 29.3. The molecule has 1 aromatic heterocycles. The van der Waals surface area contributed by atoms with Crippen LogP contribution in [-0.2, 0) is 19.4 Å². The Labute approximate surface area is 169 Å². The number of ether oxygens (including phenoxy) is 1. The predicted octanol–water partition coefficient (Wildman–Crippen LogP) is 1.55. The van der Waals surface area contributed by atoms with Gasteiger partial charge in [0.25, 0.3) is 5.91 Å². The van der Waals surface area contributed by atoms with Crippen LogP contribution in [0.1, 0.15) is 41.8 Å². The fraction of sp³-hybridized carbons (Fsp3) is 0.684. The Morgan fingerprint density at radius 3 is 2.75 bits per heavy atom. The predicted molar refractivity (Wildman–Crippen MR) is 106 cm³/mol. The highest BCUT2D eigenvalue weighted by molar-refractivity contribution is 7.91. The van der Waals surface area contributed by atoms with Gasteiger partial charge in [0.2, 0.25) is 5.91 Å². The van der Waals surface area contributed by atoms with Crippen molar-refractivity contribution in [3.63, 3.8) is 0 Å². The van der Waals surface area contributed by atoms with E-state index < -0.39 is 15.9 Å². The second-order valence-corrected chi connectivity index (χ2v) is 11.0. The largest absolute Gasteiger partial charge is 0.376 e. The summed E-state index contributed by atoms with van der Waals surface area (Å²) in [7, 11) is -3.11. The Balaban J connectivity index is 1.54. The number of carbonyl (C=O) groups is 2. The van der Waals surface area contributed by atoms with Crippen molar-refractivity contribution >= 4 is 33.0 Å². The molecule has 0 saturated carbocycles. The van der Waals surface area contributed by atoms with Crippen molar-refractivity contribution in [2.24, 2.45) is 0 Å². The highest BCUT2D eigenvalue weighted by Crippen LogP contribution is 2.28. The number of rotatable bonds is 5. The summed E-state index contributed by atoms with van der Waals surface area (Å²) in [6.07, 6.45) is 3.66. The molecule has 7 nitrogen and oxygen atoms in total. The lowest BCUT2D eigenvalue weighted by Crippen LogP contribution is -2.53. The fourth-order valence-electron chi connectivity index (χ4n) is 4.45. The van der Waals surface area contributed by atoms with Crippen LogP contribution in [0.2, 0.25) is 0 Å². The molecule has 0 aromatic carbocycles. The zero-order chi connectivity index (χ0) is 19.7. The van der Waals surface area contributed by atoms with E-state index in [0.29, 0.717) is 37.4 Å². The van der Waals surface area contributed by atoms with Crippen molar-refractivity contribution < 1.29 is 22.7 Å². The molecule has 0 N–H and O–H groups in total. The summed E-state index contributed by atoms with van der Waals surface area (Å²) in [5.74, 6) is -0.103. The van der Waals surface area contributed by atoms with Crippen LogP contribution in [-0.4, -0.2) is 79.4 Å². The highest BCUT2D eigenvalue weighted by Gasteiger charge is 2.42. The van der Waals surface area contributed by atoms with Crippen molar-refractivity contribution in [3.8, 4) is 0 Å². The van der Waals surface area contributed by atoms with E-state index in [1.54, 1.807) is 15.9 Å². The van der Waals surface area contributed by atoms with Crippen LogP contribution in [0, 0.1) is 0 Å². The maximum absolute atomic E-state index is 13.5. The quantitative estimate of drug-likeness (QED) is 0.713. The van der Waals surface area contributed by atoms with Crippen LogP contribution >= 0.6 is 11.3 Å². The van der Waals surface area contributed by atoms with Crippen LogP contribution in [0.15, 0.2) is 17.5 Å². The van der Waals surface area contributed by atoms with Gasteiger partial charge in [0.1, 0.15) is 6.04 Å². The zero-order valence-electron chi connectivity index (χ0n) is 15.8. The third-order valence-corrected chi connectivity index (χ3v) is 8.50. The molecule has 28 heavy (non-hydrogen) atoms. The molecule has 0 bridgehead atoms. The summed E-state index contributed by atoms with van der Waals surface area (Å²) in [5, 5.41) is 1.85. The average Bonchev–Trinajstić information content (AvgIpc) is 3.45. The van der Waals surface area contributed by atoms with Gasteiger partial charge in [0.05, 0.1) is 22.5 Å². The van der Waals surface area contributed by atoms with Gasteiger partial charge in [-0.15, -0.1) is 11.3 Å². The second-order valence-electron chi connectivity index (χ2n) is 7.82. The first-order chi connectivity index (χ1) is 13.4. The first-order valence-electron chi connectivity index (χ1n) is 9.91. The van der Waals surface area contributed by atoms with Crippen LogP contribution in [0.4, 0.5) is 0 Å². The Morgan fingerprint density at radius 1 is 1.25 bits per heavy atom. The van der Waals surface area contributed by atoms with E-state index in [4.69, 9.17) is 4.74 Å². The summed E-state index contributed by atoms with van der Waals surface area (Å²) in [5.41, 5.74) is 0. The molecule has 1 aromatic rings. The topological polar surface area (TPSA) is 84.0 Å². The molecule has 3 aliphatic rings. The van der Waals surface area contributed by atoms with E-state index in [-0.39, 0.29) is 35.5 Å². The van der Waals surface area contributed by atoms with Gasteiger partial charge in [-0.05, 0) is 43.6 Å². The number of carbonyl (C=O) groups excluding carboxylic acids is 2. The molecule has 9 heteroatoms. The molecule has 0 radical (unpaired) electrons. The van der Waals surface area contributed by atoms with Gasteiger partial charge in [0.15, 0.2) is 9.84 Å². The molecule has 3 fully saturated rings. The third-order valence-electron chi connectivity index (χ3n) is 5.89. The number of hydrogen-bond donors (Lipinski definition) is 0. The van der Waals surface area contributed by atoms with Crippen molar-refractivity contribution in [2.45, 2.75) is 50.3 Å². The van der Waals surface area contributed by atoms with Gasteiger partial charge < -0.3 is 14.5 Å². The molecule has 154 valence electrons. The number of amides is 2. The van der Waals surface area contributed by atoms with E-state index in [2.05, 4.69) is 0 Å². The summed E-state index contributed by atoms with van der Waals surface area (Å²) >= 11 is 1.38. The van der Waals surface area contributed by atoms with Gasteiger partial charge in [-0.3, -0.25) is 9.59 Å². The van der Waals surface area contributed by atoms with E-state index in [1.165, 1.54) is 11.3 Å². The zero-order valence-corrected chi connectivity index (χ0v) is 17.4. The summed E-state index contributed by atoms with van der Waals surface area (Å²) in [4.78, 5) is 30.4. The van der Waals surface area contributed by atoms with Gasteiger partial charge in [-0.2, -0.15) is 0 Å². The van der Waals surface area contributed by atoms with Crippen LogP contribution < -0.4 is 0 Å². The van der Waals surface area contributed by atoms with Gasteiger partial charge >= 0.3 is 0 Å².